The lowest BCUT2D eigenvalue weighted by molar-refractivity contribution is 0.0876. The molecule has 1 nitrogen and oxygen atoms in total. The molecule has 1 aromatic rings. The summed E-state index contributed by atoms with van der Waals surface area (Å²) in [7, 11) is 0. The molecule has 0 N–H and O–H groups in total. The van der Waals surface area contributed by atoms with Crippen molar-refractivity contribution >= 4 is 0 Å². The van der Waals surface area contributed by atoms with Gasteiger partial charge in [-0.15, -0.1) is 0 Å². The van der Waals surface area contributed by atoms with Crippen molar-refractivity contribution in [1.82, 2.24) is 4.90 Å². The van der Waals surface area contributed by atoms with Crippen molar-refractivity contribution in [1.29, 1.82) is 0 Å². The normalized spacial score (nSPS) is 19.0. The standard InChI is InChI=1S/C20H33N/c1-19(2,3)18-9-7-16(8-10-18)15-17-11-13-21(14-12-17)20(4,5)6/h7-10,17H,11-15H2,1-6H3. The summed E-state index contributed by atoms with van der Waals surface area (Å²) in [6.45, 7) is 16.4. The molecule has 1 heteroatoms. The Morgan fingerprint density at radius 1 is 0.905 bits per heavy atom. The van der Waals surface area contributed by atoms with Crippen molar-refractivity contribution in [2.24, 2.45) is 5.92 Å². The van der Waals surface area contributed by atoms with E-state index in [-0.39, 0.29) is 5.41 Å². The summed E-state index contributed by atoms with van der Waals surface area (Å²) in [5.74, 6) is 0.865. The quantitative estimate of drug-likeness (QED) is 0.737. The maximum atomic E-state index is 2.63. The van der Waals surface area contributed by atoms with E-state index < -0.39 is 0 Å². The number of rotatable bonds is 2. The van der Waals surface area contributed by atoms with E-state index >= 15 is 0 Å². The molecule has 0 aromatic heterocycles. The second-order valence-corrected chi connectivity index (χ2v) is 8.75. The first-order valence-electron chi connectivity index (χ1n) is 8.51. The molecule has 1 aromatic carbocycles. The molecule has 0 radical (unpaired) electrons. The first-order valence-corrected chi connectivity index (χ1v) is 8.51. The van der Waals surface area contributed by atoms with Gasteiger partial charge in [0, 0.05) is 5.54 Å². The molecule has 1 aliphatic rings. The Kier molecular flexibility index (Phi) is 4.82. The van der Waals surface area contributed by atoms with Crippen LogP contribution in [0.15, 0.2) is 24.3 Å². The maximum Gasteiger partial charge on any atom is 0.0125 e. The van der Waals surface area contributed by atoms with Gasteiger partial charge in [-0.1, -0.05) is 45.0 Å². The summed E-state index contributed by atoms with van der Waals surface area (Å²) < 4.78 is 0. The Balaban J connectivity index is 1.89. The molecule has 0 bridgehead atoms. The number of nitrogens with zero attached hydrogens (tertiary/aromatic N) is 1. The van der Waals surface area contributed by atoms with Crippen molar-refractivity contribution in [3.05, 3.63) is 35.4 Å². The monoisotopic (exact) mass is 287 g/mol. The fourth-order valence-corrected chi connectivity index (χ4v) is 3.28. The summed E-state index contributed by atoms with van der Waals surface area (Å²) in [5.41, 5.74) is 3.54. The Hall–Kier alpha value is -0.820. The van der Waals surface area contributed by atoms with Gasteiger partial charge in [-0.05, 0) is 75.6 Å². The summed E-state index contributed by atoms with van der Waals surface area (Å²) in [5, 5.41) is 0. The summed E-state index contributed by atoms with van der Waals surface area (Å²) >= 11 is 0. The summed E-state index contributed by atoms with van der Waals surface area (Å²) in [6.07, 6.45) is 3.94. The molecule has 2 rings (SSSR count). The fraction of sp³-hybridized carbons (Fsp3) is 0.700. The Labute approximate surface area is 131 Å². The highest BCUT2D eigenvalue weighted by Gasteiger charge is 2.26. The van der Waals surface area contributed by atoms with Gasteiger partial charge in [0.2, 0.25) is 0 Å². The smallest absolute Gasteiger partial charge is 0.0125 e. The average molecular weight is 287 g/mol. The van der Waals surface area contributed by atoms with Gasteiger partial charge in [-0.3, -0.25) is 4.90 Å². The molecule has 0 aliphatic carbocycles. The second kappa shape index (κ2) is 6.12. The molecule has 0 amide bonds. The number of piperidine rings is 1. The number of hydrogen-bond donors (Lipinski definition) is 0. The first kappa shape index (κ1) is 16.5. The zero-order valence-corrected chi connectivity index (χ0v) is 14.9. The minimum atomic E-state index is 0.260. The van der Waals surface area contributed by atoms with Crippen LogP contribution in [0.25, 0.3) is 0 Å². The Bertz CT molecular complexity index is 436. The zero-order chi connectivity index (χ0) is 15.7. The van der Waals surface area contributed by atoms with Crippen LogP contribution < -0.4 is 0 Å². The van der Waals surface area contributed by atoms with Gasteiger partial charge < -0.3 is 0 Å². The van der Waals surface area contributed by atoms with E-state index in [0.29, 0.717) is 5.54 Å². The first-order chi connectivity index (χ1) is 9.66. The lowest BCUT2D eigenvalue weighted by atomic mass is 9.84. The van der Waals surface area contributed by atoms with Crippen LogP contribution in [-0.4, -0.2) is 23.5 Å². The molecule has 118 valence electrons. The average Bonchev–Trinajstić information content (AvgIpc) is 2.38. The van der Waals surface area contributed by atoms with Crippen LogP contribution in [0.1, 0.15) is 65.5 Å². The van der Waals surface area contributed by atoms with Gasteiger partial charge in [-0.2, -0.15) is 0 Å². The molecular formula is C20H33N. The van der Waals surface area contributed by atoms with Crippen molar-refractivity contribution < 1.29 is 0 Å². The molecule has 0 saturated carbocycles. The van der Waals surface area contributed by atoms with Crippen LogP contribution in [0.3, 0.4) is 0 Å². The van der Waals surface area contributed by atoms with Crippen LogP contribution >= 0.6 is 0 Å². The van der Waals surface area contributed by atoms with Crippen LogP contribution in [-0.2, 0) is 11.8 Å². The second-order valence-electron chi connectivity index (χ2n) is 8.75. The third-order valence-corrected chi connectivity index (χ3v) is 4.91. The van der Waals surface area contributed by atoms with Crippen LogP contribution in [0.4, 0.5) is 0 Å². The molecule has 1 aliphatic heterocycles. The maximum absolute atomic E-state index is 2.63. The third kappa shape index (κ3) is 4.57. The fourth-order valence-electron chi connectivity index (χ4n) is 3.28. The lowest BCUT2D eigenvalue weighted by Crippen LogP contribution is -2.46. The minimum absolute atomic E-state index is 0.260. The molecule has 1 heterocycles. The highest BCUT2D eigenvalue weighted by Crippen LogP contribution is 2.27. The lowest BCUT2D eigenvalue weighted by Gasteiger charge is -2.41. The van der Waals surface area contributed by atoms with Gasteiger partial charge in [-0.25, -0.2) is 0 Å². The van der Waals surface area contributed by atoms with Crippen LogP contribution in [0, 0.1) is 5.92 Å². The van der Waals surface area contributed by atoms with Crippen molar-refractivity contribution in [3.8, 4) is 0 Å². The summed E-state index contributed by atoms with van der Waals surface area (Å²) in [6, 6.07) is 9.33. The zero-order valence-electron chi connectivity index (χ0n) is 14.9. The number of likely N-dealkylation sites (tertiary alicyclic amines) is 1. The minimum Gasteiger partial charge on any atom is -0.298 e. The molecular weight excluding hydrogens is 254 g/mol. The van der Waals surface area contributed by atoms with Gasteiger partial charge in [0.1, 0.15) is 0 Å². The third-order valence-electron chi connectivity index (χ3n) is 4.91. The van der Waals surface area contributed by atoms with Crippen molar-refractivity contribution in [3.63, 3.8) is 0 Å². The number of benzene rings is 1. The molecule has 0 unspecified atom stereocenters. The number of hydrogen-bond acceptors (Lipinski definition) is 1. The van der Waals surface area contributed by atoms with Crippen molar-refractivity contribution in [2.45, 2.75) is 71.8 Å². The van der Waals surface area contributed by atoms with E-state index in [0.717, 1.165) is 5.92 Å². The van der Waals surface area contributed by atoms with Crippen molar-refractivity contribution in [2.75, 3.05) is 13.1 Å². The van der Waals surface area contributed by atoms with E-state index in [1.807, 2.05) is 0 Å². The molecule has 1 fully saturated rings. The van der Waals surface area contributed by atoms with Gasteiger partial charge in [0.05, 0.1) is 0 Å². The van der Waals surface area contributed by atoms with Gasteiger partial charge >= 0.3 is 0 Å². The van der Waals surface area contributed by atoms with E-state index in [2.05, 4.69) is 70.7 Å². The van der Waals surface area contributed by atoms with E-state index in [1.54, 1.807) is 0 Å². The van der Waals surface area contributed by atoms with Crippen LogP contribution in [0.2, 0.25) is 0 Å². The predicted molar refractivity (Wildman–Crippen MR) is 92.9 cm³/mol. The Morgan fingerprint density at radius 2 is 1.43 bits per heavy atom. The molecule has 1 saturated heterocycles. The van der Waals surface area contributed by atoms with Crippen LogP contribution in [0.5, 0.6) is 0 Å². The SMILES string of the molecule is CC(C)(C)c1ccc(CC2CCN(C(C)(C)C)CC2)cc1. The van der Waals surface area contributed by atoms with E-state index in [1.165, 1.54) is 43.5 Å². The largest absolute Gasteiger partial charge is 0.298 e. The molecule has 0 spiro atoms. The topological polar surface area (TPSA) is 3.24 Å². The van der Waals surface area contributed by atoms with E-state index in [4.69, 9.17) is 0 Å². The highest BCUT2D eigenvalue weighted by molar-refractivity contribution is 5.27. The summed E-state index contributed by atoms with van der Waals surface area (Å²) in [4.78, 5) is 2.63. The van der Waals surface area contributed by atoms with Gasteiger partial charge in [0.25, 0.3) is 0 Å². The Morgan fingerprint density at radius 3 is 1.86 bits per heavy atom. The van der Waals surface area contributed by atoms with Gasteiger partial charge in [0.15, 0.2) is 0 Å². The highest BCUT2D eigenvalue weighted by atomic mass is 15.2. The van der Waals surface area contributed by atoms with E-state index in [9.17, 15) is 0 Å². The molecule has 21 heavy (non-hydrogen) atoms. The molecule has 0 atom stereocenters. The predicted octanol–water partition coefficient (Wildman–Crippen LogP) is 5.04.